The van der Waals surface area contributed by atoms with Gasteiger partial charge in [-0.15, -0.1) is 0 Å². The molecule has 0 aliphatic carbocycles. The molecule has 0 spiro atoms. The molecule has 4 rings (SSSR count). The zero-order valence-electron chi connectivity index (χ0n) is 12.2. The van der Waals surface area contributed by atoms with Crippen molar-refractivity contribution in [3.63, 3.8) is 0 Å². The Balaban J connectivity index is 1.65. The van der Waals surface area contributed by atoms with E-state index < -0.39 is 0 Å². The summed E-state index contributed by atoms with van der Waals surface area (Å²) in [7, 11) is 0. The summed E-state index contributed by atoms with van der Waals surface area (Å²) in [5.41, 5.74) is 8.96. The summed E-state index contributed by atoms with van der Waals surface area (Å²) in [5.74, 6) is 0. The highest BCUT2D eigenvalue weighted by Gasteiger charge is 2.33. The number of pyridine rings is 1. The quantitative estimate of drug-likeness (QED) is 0.919. The molecular formula is C16H21N5. The Morgan fingerprint density at radius 2 is 2.05 bits per heavy atom. The van der Waals surface area contributed by atoms with Crippen LogP contribution in [0.2, 0.25) is 0 Å². The summed E-state index contributed by atoms with van der Waals surface area (Å²) in [4.78, 5) is 11.2. The fraction of sp³-hybridized carbons (Fsp3) is 0.500. The molecule has 0 aromatic carbocycles. The Kier molecular flexibility index (Phi) is 3.15. The van der Waals surface area contributed by atoms with E-state index in [4.69, 9.17) is 5.73 Å². The molecule has 0 bridgehead atoms. The molecule has 0 amide bonds. The molecule has 2 unspecified atom stereocenters. The van der Waals surface area contributed by atoms with Crippen LogP contribution < -0.4 is 5.73 Å². The maximum Gasteiger partial charge on any atom is 0.0953 e. The molecule has 5 nitrogen and oxygen atoms in total. The van der Waals surface area contributed by atoms with Gasteiger partial charge in [0.15, 0.2) is 0 Å². The first-order valence-corrected chi connectivity index (χ1v) is 7.78. The first-order valence-electron chi connectivity index (χ1n) is 7.78. The summed E-state index contributed by atoms with van der Waals surface area (Å²) >= 11 is 0. The standard InChI is InChI=1S/C16H21N5/c17-15-3-5-18-9-14(15)16-10-19-11-21(16)13-4-7-20-6-1-2-12(20)8-13/h3,5,9-13H,1-2,4,6-8H2,(H2,17,18). The molecule has 2 aromatic rings. The number of aromatic nitrogens is 3. The maximum atomic E-state index is 6.11. The Bertz CT molecular complexity index is 635. The second-order valence-corrected chi connectivity index (χ2v) is 6.16. The lowest BCUT2D eigenvalue weighted by Gasteiger charge is -2.36. The van der Waals surface area contributed by atoms with E-state index in [9.17, 15) is 0 Å². The number of nitrogen functional groups attached to an aromatic ring is 1. The van der Waals surface area contributed by atoms with Crippen LogP contribution in [0, 0.1) is 0 Å². The minimum absolute atomic E-state index is 0.529. The fourth-order valence-electron chi connectivity index (χ4n) is 3.88. The highest BCUT2D eigenvalue weighted by molar-refractivity contribution is 5.72. The fourth-order valence-corrected chi connectivity index (χ4v) is 3.88. The Labute approximate surface area is 124 Å². The number of hydrogen-bond acceptors (Lipinski definition) is 4. The van der Waals surface area contributed by atoms with Crippen LogP contribution in [0.1, 0.15) is 31.7 Å². The Hall–Kier alpha value is -1.88. The van der Waals surface area contributed by atoms with Crippen molar-refractivity contribution in [3.8, 4) is 11.3 Å². The van der Waals surface area contributed by atoms with Gasteiger partial charge >= 0.3 is 0 Å². The van der Waals surface area contributed by atoms with E-state index in [1.807, 2.05) is 24.8 Å². The molecule has 2 fully saturated rings. The van der Waals surface area contributed by atoms with Crippen molar-refractivity contribution in [2.45, 2.75) is 37.8 Å². The maximum absolute atomic E-state index is 6.11. The third kappa shape index (κ3) is 2.21. The van der Waals surface area contributed by atoms with Gasteiger partial charge in [0.2, 0.25) is 0 Å². The summed E-state index contributed by atoms with van der Waals surface area (Å²) in [6, 6.07) is 3.14. The zero-order valence-corrected chi connectivity index (χ0v) is 12.2. The number of fused-ring (bicyclic) bond motifs is 1. The van der Waals surface area contributed by atoms with Crippen molar-refractivity contribution in [2.75, 3.05) is 18.8 Å². The summed E-state index contributed by atoms with van der Waals surface area (Å²) in [5, 5.41) is 0. The molecule has 0 radical (unpaired) electrons. The average molecular weight is 283 g/mol. The summed E-state index contributed by atoms with van der Waals surface area (Å²) in [6.45, 7) is 2.49. The predicted molar refractivity (Wildman–Crippen MR) is 82.7 cm³/mol. The molecule has 2 N–H and O–H groups in total. The van der Waals surface area contributed by atoms with Crippen molar-refractivity contribution >= 4 is 5.69 Å². The van der Waals surface area contributed by atoms with Crippen LogP contribution in [-0.4, -0.2) is 38.6 Å². The van der Waals surface area contributed by atoms with Gasteiger partial charge in [0.25, 0.3) is 0 Å². The summed E-state index contributed by atoms with van der Waals surface area (Å²) in [6.07, 6.45) is 12.6. The molecule has 0 saturated carbocycles. The van der Waals surface area contributed by atoms with Gasteiger partial charge in [-0.05, 0) is 38.3 Å². The van der Waals surface area contributed by atoms with Crippen molar-refractivity contribution in [1.82, 2.24) is 19.4 Å². The monoisotopic (exact) mass is 283 g/mol. The Morgan fingerprint density at radius 3 is 2.95 bits per heavy atom. The number of nitrogens with two attached hydrogens (primary N) is 1. The Morgan fingerprint density at radius 1 is 1.10 bits per heavy atom. The van der Waals surface area contributed by atoms with Gasteiger partial charge in [0, 0.05) is 42.3 Å². The van der Waals surface area contributed by atoms with Gasteiger partial charge in [0.05, 0.1) is 18.2 Å². The topological polar surface area (TPSA) is 60.0 Å². The van der Waals surface area contributed by atoms with E-state index in [0.717, 1.165) is 23.0 Å². The minimum Gasteiger partial charge on any atom is -0.398 e. The SMILES string of the molecule is Nc1ccncc1-c1cncn1C1CCN2CCCC2C1. The van der Waals surface area contributed by atoms with Gasteiger partial charge in [-0.1, -0.05) is 0 Å². The number of anilines is 1. The lowest BCUT2D eigenvalue weighted by Crippen LogP contribution is -2.38. The van der Waals surface area contributed by atoms with Crippen LogP contribution in [0.15, 0.2) is 31.0 Å². The number of nitrogens with zero attached hydrogens (tertiary/aromatic N) is 4. The van der Waals surface area contributed by atoms with Gasteiger partial charge in [-0.25, -0.2) is 4.98 Å². The third-order valence-electron chi connectivity index (χ3n) is 4.98. The minimum atomic E-state index is 0.529. The van der Waals surface area contributed by atoms with Crippen LogP contribution in [0.4, 0.5) is 5.69 Å². The van der Waals surface area contributed by atoms with Crippen molar-refractivity contribution in [3.05, 3.63) is 31.0 Å². The van der Waals surface area contributed by atoms with Crippen molar-refractivity contribution < 1.29 is 0 Å². The molecule has 2 aliphatic heterocycles. The molecule has 2 saturated heterocycles. The van der Waals surface area contributed by atoms with E-state index in [-0.39, 0.29) is 0 Å². The number of hydrogen-bond donors (Lipinski definition) is 1. The largest absolute Gasteiger partial charge is 0.398 e. The highest BCUT2D eigenvalue weighted by Crippen LogP contribution is 2.36. The van der Waals surface area contributed by atoms with Crippen LogP contribution in [0.3, 0.4) is 0 Å². The molecule has 21 heavy (non-hydrogen) atoms. The van der Waals surface area contributed by atoms with Crippen LogP contribution >= 0.6 is 0 Å². The lowest BCUT2D eigenvalue weighted by atomic mass is 9.97. The first-order chi connectivity index (χ1) is 10.3. The first kappa shape index (κ1) is 12.8. The third-order valence-corrected chi connectivity index (χ3v) is 4.98. The average Bonchev–Trinajstić information content (AvgIpc) is 3.15. The molecule has 2 aromatic heterocycles. The van der Waals surface area contributed by atoms with Crippen LogP contribution in [-0.2, 0) is 0 Å². The van der Waals surface area contributed by atoms with Gasteiger partial charge in [-0.3, -0.25) is 4.98 Å². The molecule has 2 aliphatic rings. The molecule has 110 valence electrons. The van der Waals surface area contributed by atoms with Crippen molar-refractivity contribution in [2.24, 2.45) is 0 Å². The van der Waals surface area contributed by atoms with Gasteiger partial charge in [-0.2, -0.15) is 0 Å². The normalized spacial score (nSPS) is 25.9. The van der Waals surface area contributed by atoms with Gasteiger partial charge in [0.1, 0.15) is 0 Å². The van der Waals surface area contributed by atoms with Crippen LogP contribution in [0.5, 0.6) is 0 Å². The highest BCUT2D eigenvalue weighted by atomic mass is 15.2. The van der Waals surface area contributed by atoms with E-state index in [0.29, 0.717) is 6.04 Å². The van der Waals surface area contributed by atoms with E-state index in [1.165, 1.54) is 38.8 Å². The number of piperidine rings is 1. The lowest BCUT2D eigenvalue weighted by molar-refractivity contribution is 0.156. The second kappa shape index (κ2) is 5.15. The van der Waals surface area contributed by atoms with Gasteiger partial charge < -0.3 is 15.2 Å². The second-order valence-electron chi connectivity index (χ2n) is 6.16. The smallest absolute Gasteiger partial charge is 0.0953 e. The molecule has 4 heterocycles. The number of rotatable bonds is 2. The predicted octanol–water partition coefficient (Wildman–Crippen LogP) is 2.33. The molecular weight excluding hydrogens is 262 g/mol. The molecule has 2 atom stereocenters. The van der Waals surface area contributed by atoms with E-state index in [2.05, 4.69) is 19.4 Å². The number of imidazole rings is 1. The summed E-state index contributed by atoms with van der Waals surface area (Å²) < 4.78 is 2.31. The zero-order chi connectivity index (χ0) is 14.2. The molecule has 5 heteroatoms. The van der Waals surface area contributed by atoms with E-state index >= 15 is 0 Å². The van der Waals surface area contributed by atoms with Crippen molar-refractivity contribution in [1.29, 1.82) is 0 Å². The van der Waals surface area contributed by atoms with E-state index in [1.54, 1.807) is 6.20 Å². The van der Waals surface area contributed by atoms with Crippen LogP contribution in [0.25, 0.3) is 11.3 Å².